The fraction of sp³-hybridized carbons (Fsp3) is 0.400. The molecule has 1 aromatic heterocycles. The minimum absolute atomic E-state index is 0.498. The molecule has 1 atom stereocenters. The number of benzene rings is 1. The van der Waals surface area contributed by atoms with Gasteiger partial charge in [-0.1, -0.05) is 0 Å². The molecule has 0 saturated heterocycles. The molecule has 0 aliphatic heterocycles. The van der Waals surface area contributed by atoms with Crippen molar-refractivity contribution < 1.29 is 14.6 Å². The highest BCUT2D eigenvalue weighted by atomic mass is 16.5. The number of nitrogens with zero attached hydrogens (tertiary/aromatic N) is 2. The molecule has 0 amide bonds. The lowest BCUT2D eigenvalue weighted by Crippen LogP contribution is -2.08. The normalized spacial score (nSPS) is 12.2. The van der Waals surface area contributed by atoms with Gasteiger partial charge in [-0.2, -0.15) is 0 Å². The van der Waals surface area contributed by atoms with Gasteiger partial charge in [0.15, 0.2) is 0 Å². The molecule has 0 spiro atoms. The molecule has 5 nitrogen and oxygen atoms in total. The number of imidazole rings is 1. The van der Waals surface area contributed by atoms with Crippen LogP contribution in [0, 0.1) is 0 Å². The van der Waals surface area contributed by atoms with E-state index in [-0.39, 0.29) is 0 Å². The van der Waals surface area contributed by atoms with E-state index in [1.165, 1.54) is 0 Å². The van der Waals surface area contributed by atoms with Crippen LogP contribution in [0.25, 0.3) is 0 Å². The molecule has 0 saturated carbocycles. The highest BCUT2D eigenvalue weighted by Gasteiger charge is 2.11. The summed E-state index contributed by atoms with van der Waals surface area (Å²) in [4.78, 5) is 4.25. The molecule has 0 radical (unpaired) electrons. The largest absolute Gasteiger partial charge is 0.497 e. The second-order valence-corrected chi connectivity index (χ2v) is 4.63. The molecular weight excluding hydrogens is 256 g/mol. The number of ether oxygens (including phenoxy) is 2. The standard InChI is InChI=1S/C15H20N2O3/c1-11(18)13-5-4-12(19-3)10-14(13)20-9-6-15-16-7-8-17(15)2/h4-5,7-8,10-11,18H,6,9H2,1-3H3/t11-/m1/s1. The van der Waals surface area contributed by atoms with Gasteiger partial charge >= 0.3 is 0 Å². The van der Waals surface area contributed by atoms with Gasteiger partial charge in [0.1, 0.15) is 17.3 Å². The van der Waals surface area contributed by atoms with Crippen molar-refractivity contribution in [3.05, 3.63) is 42.0 Å². The second kappa shape index (κ2) is 6.43. The highest BCUT2D eigenvalue weighted by Crippen LogP contribution is 2.29. The molecule has 2 aromatic rings. The third kappa shape index (κ3) is 3.30. The number of methoxy groups -OCH3 is 1. The van der Waals surface area contributed by atoms with Gasteiger partial charge in [0.25, 0.3) is 0 Å². The van der Waals surface area contributed by atoms with Crippen molar-refractivity contribution >= 4 is 0 Å². The number of hydrogen-bond acceptors (Lipinski definition) is 4. The molecule has 20 heavy (non-hydrogen) atoms. The average molecular weight is 276 g/mol. The maximum absolute atomic E-state index is 9.76. The number of aliphatic hydroxyl groups excluding tert-OH is 1. The molecule has 0 unspecified atom stereocenters. The summed E-state index contributed by atoms with van der Waals surface area (Å²) >= 11 is 0. The zero-order valence-corrected chi connectivity index (χ0v) is 12.0. The average Bonchev–Trinajstić information content (AvgIpc) is 2.84. The van der Waals surface area contributed by atoms with Crippen LogP contribution in [0.2, 0.25) is 0 Å². The molecule has 0 aliphatic carbocycles. The van der Waals surface area contributed by atoms with Crippen molar-refractivity contribution in [1.82, 2.24) is 9.55 Å². The van der Waals surface area contributed by atoms with Gasteiger partial charge in [0, 0.05) is 37.5 Å². The Morgan fingerprint density at radius 1 is 1.40 bits per heavy atom. The monoisotopic (exact) mass is 276 g/mol. The molecule has 2 rings (SSSR count). The topological polar surface area (TPSA) is 56.5 Å². The predicted octanol–water partition coefficient (Wildman–Crippen LogP) is 2.10. The number of rotatable bonds is 6. The van der Waals surface area contributed by atoms with Crippen LogP contribution in [0.15, 0.2) is 30.6 Å². The first kappa shape index (κ1) is 14.4. The van der Waals surface area contributed by atoms with Crippen molar-refractivity contribution in [2.45, 2.75) is 19.4 Å². The van der Waals surface area contributed by atoms with E-state index in [1.54, 1.807) is 26.3 Å². The molecule has 1 heterocycles. The van der Waals surface area contributed by atoms with Crippen molar-refractivity contribution in [1.29, 1.82) is 0 Å². The first-order valence-corrected chi connectivity index (χ1v) is 6.57. The number of aryl methyl sites for hydroxylation is 1. The van der Waals surface area contributed by atoms with Gasteiger partial charge < -0.3 is 19.1 Å². The summed E-state index contributed by atoms with van der Waals surface area (Å²) in [6, 6.07) is 5.42. The van der Waals surface area contributed by atoms with Crippen LogP contribution in [0.4, 0.5) is 0 Å². The number of aliphatic hydroxyl groups is 1. The Bertz CT molecular complexity index is 564. The van der Waals surface area contributed by atoms with Gasteiger partial charge in [-0.05, 0) is 19.1 Å². The summed E-state index contributed by atoms with van der Waals surface area (Å²) < 4.78 is 12.9. The van der Waals surface area contributed by atoms with Gasteiger partial charge in [-0.3, -0.25) is 0 Å². The summed E-state index contributed by atoms with van der Waals surface area (Å²) in [6.07, 6.45) is 3.80. The zero-order chi connectivity index (χ0) is 14.5. The van der Waals surface area contributed by atoms with Crippen LogP contribution in [-0.2, 0) is 13.5 Å². The van der Waals surface area contributed by atoms with E-state index in [1.807, 2.05) is 29.9 Å². The van der Waals surface area contributed by atoms with Gasteiger partial charge in [-0.15, -0.1) is 0 Å². The summed E-state index contributed by atoms with van der Waals surface area (Å²) in [6.45, 7) is 2.21. The Kier molecular flexibility index (Phi) is 4.63. The molecular formula is C15H20N2O3. The molecule has 0 fully saturated rings. The smallest absolute Gasteiger partial charge is 0.128 e. The lowest BCUT2D eigenvalue weighted by molar-refractivity contribution is 0.191. The van der Waals surface area contributed by atoms with Gasteiger partial charge in [-0.25, -0.2) is 4.98 Å². The number of hydrogen-bond donors (Lipinski definition) is 1. The van der Waals surface area contributed by atoms with Crippen LogP contribution in [-0.4, -0.2) is 28.4 Å². The van der Waals surface area contributed by atoms with Crippen LogP contribution in [0.3, 0.4) is 0 Å². The molecule has 0 bridgehead atoms. The van der Waals surface area contributed by atoms with Crippen LogP contribution < -0.4 is 9.47 Å². The molecule has 1 aromatic carbocycles. The fourth-order valence-corrected chi connectivity index (χ4v) is 2.00. The molecule has 108 valence electrons. The third-order valence-electron chi connectivity index (χ3n) is 3.18. The van der Waals surface area contributed by atoms with Crippen LogP contribution in [0.5, 0.6) is 11.5 Å². The predicted molar refractivity (Wildman–Crippen MR) is 76.0 cm³/mol. The Hall–Kier alpha value is -2.01. The third-order valence-corrected chi connectivity index (χ3v) is 3.18. The van der Waals surface area contributed by atoms with E-state index in [0.717, 1.165) is 11.4 Å². The van der Waals surface area contributed by atoms with Crippen LogP contribution in [0.1, 0.15) is 24.4 Å². The Balaban J connectivity index is 2.05. The molecule has 1 N–H and O–H groups in total. The summed E-state index contributed by atoms with van der Waals surface area (Å²) in [5.74, 6) is 2.32. The minimum atomic E-state index is -0.580. The van der Waals surface area contributed by atoms with E-state index in [4.69, 9.17) is 9.47 Å². The van der Waals surface area contributed by atoms with E-state index >= 15 is 0 Å². The zero-order valence-electron chi connectivity index (χ0n) is 12.0. The van der Waals surface area contributed by atoms with E-state index in [2.05, 4.69) is 4.98 Å². The summed E-state index contributed by atoms with van der Waals surface area (Å²) in [7, 11) is 3.56. The maximum Gasteiger partial charge on any atom is 0.128 e. The quantitative estimate of drug-likeness (QED) is 0.878. The van der Waals surface area contributed by atoms with E-state index in [9.17, 15) is 5.11 Å². The fourth-order valence-electron chi connectivity index (χ4n) is 2.00. The number of aromatic nitrogens is 2. The highest BCUT2D eigenvalue weighted by molar-refractivity contribution is 5.41. The lowest BCUT2D eigenvalue weighted by atomic mass is 10.1. The van der Waals surface area contributed by atoms with E-state index < -0.39 is 6.10 Å². The summed E-state index contributed by atoms with van der Waals surface area (Å²) in [5.41, 5.74) is 0.755. The molecule has 0 aliphatic rings. The summed E-state index contributed by atoms with van der Waals surface area (Å²) in [5, 5.41) is 9.76. The minimum Gasteiger partial charge on any atom is -0.497 e. The molecule has 5 heteroatoms. The lowest BCUT2D eigenvalue weighted by Gasteiger charge is -2.14. The maximum atomic E-state index is 9.76. The van der Waals surface area contributed by atoms with Crippen molar-refractivity contribution in [2.75, 3.05) is 13.7 Å². The van der Waals surface area contributed by atoms with Crippen LogP contribution >= 0.6 is 0 Å². The van der Waals surface area contributed by atoms with Gasteiger partial charge in [0.2, 0.25) is 0 Å². The second-order valence-electron chi connectivity index (χ2n) is 4.63. The first-order chi connectivity index (χ1) is 9.61. The van der Waals surface area contributed by atoms with Crippen molar-refractivity contribution in [3.8, 4) is 11.5 Å². The van der Waals surface area contributed by atoms with E-state index in [0.29, 0.717) is 24.5 Å². The Morgan fingerprint density at radius 3 is 2.80 bits per heavy atom. The first-order valence-electron chi connectivity index (χ1n) is 6.57. The SMILES string of the molecule is COc1ccc([C@@H](C)O)c(OCCc2nccn2C)c1. The van der Waals surface area contributed by atoms with Gasteiger partial charge in [0.05, 0.1) is 19.8 Å². The van der Waals surface area contributed by atoms with Crippen molar-refractivity contribution in [3.63, 3.8) is 0 Å². The van der Waals surface area contributed by atoms with Crippen molar-refractivity contribution in [2.24, 2.45) is 7.05 Å². The Labute approximate surface area is 118 Å². The Morgan fingerprint density at radius 2 is 2.20 bits per heavy atom.